The van der Waals surface area contributed by atoms with Gasteiger partial charge < -0.3 is 9.80 Å². The lowest BCUT2D eigenvalue weighted by Crippen LogP contribution is -2.11. The van der Waals surface area contributed by atoms with Gasteiger partial charge in [-0.25, -0.2) is 8.78 Å². The molecule has 0 saturated carbocycles. The lowest BCUT2D eigenvalue weighted by molar-refractivity contribution is 0.627. The number of fused-ring (bicyclic) bond motifs is 2. The quantitative estimate of drug-likeness (QED) is 0.147. The third-order valence-corrected chi connectivity index (χ3v) is 9.48. The highest BCUT2D eigenvalue weighted by Crippen LogP contribution is 2.48. The zero-order chi connectivity index (χ0) is 36.4. The summed E-state index contributed by atoms with van der Waals surface area (Å²) in [6, 6.07) is 41.6. The summed E-state index contributed by atoms with van der Waals surface area (Å²) in [7, 11) is 0. The minimum atomic E-state index is -0.318. The topological polar surface area (TPSA) is 58.0 Å². The van der Waals surface area contributed by atoms with Crippen molar-refractivity contribution in [3.05, 3.63) is 195 Å². The van der Waals surface area contributed by atoms with Crippen LogP contribution in [0.25, 0.3) is 43.8 Å². The van der Waals surface area contributed by atoms with E-state index < -0.39 is 0 Å². The van der Waals surface area contributed by atoms with Crippen LogP contribution in [0.1, 0.15) is 0 Å². The molecule has 54 heavy (non-hydrogen) atoms. The van der Waals surface area contributed by atoms with Crippen molar-refractivity contribution in [2.75, 3.05) is 9.80 Å². The minimum absolute atomic E-state index is 0.318. The third-order valence-electron chi connectivity index (χ3n) is 9.48. The number of nitrogens with zero attached hydrogens (tertiary/aromatic N) is 6. The Bertz CT molecular complexity index is 2440. The standard InChI is InChI=1S/C46H30F2N6/c47-33-13-9-31(10-14-33)45-42-20-18-36(54(39-7-3-23-51-29-39)40-8-4-24-52-30-40)26-44(42)46(32-11-15-34(48)16-12-32)41-19-17-35(25-43(41)45)53(37-5-1-21-49-27-37)38-6-2-22-50-28-38/h1-30H. The molecule has 9 rings (SSSR count). The number of anilines is 6. The van der Waals surface area contributed by atoms with Gasteiger partial charge in [-0.15, -0.1) is 0 Å². The SMILES string of the molecule is Fc1ccc(-c2c3ccc(N(c4cccnc4)c4cccnc4)cc3c(-c3ccc(F)cc3)c3ccc(N(c4cccnc4)c4cccnc4)cc23)cc1. The summed E-state index contributed by atoms with van der Waals surface area (Å²) >= 11 is 0. The molecule has 0 saturated heterocycles. The summed E-state index contributed by atoms with van der Waals surface area (Å²) in [5, 5.41) is 3.77. The van der Waals surface area contributed by atoms with Gasteiger partial charge in [0.05, 0.1) is 47.5 Å². The van der Waals surface area contributed by atoms with Gasteiger partial charge in [0.15, 0.2) is 0 Å². The molecule has 4 aromatic heterocycles. The van der Waals surface area contributed by atoms with E-state index >= 15 is 0 Å². The number of rotatable bonds is 8. The van der Waals surface area contributed by atoms with Crippen LogP contribution in [0.5, 0.6) is 0 Å². The summed E-state index contributed by atoms with van der Waals surface area (Å²) < 4.78 is 29.0. The molecule has 0 aliphatic carbocycles. The minimum Gasteiger partial charge on any atom is -0.307 e. The lowest BCUT2D eigenvalue weighted by atomic mass is 9.85. The predicted octanol–water partition coefficient (Wildman–Crippen LogP) is 12.1. The Labute approximate surface area is 310 Å². The van der Waals surface area contributed by atoms with E-state index in [4.69, 9.17) is 0 Å². The normalized spacial score (nSPS) is 11.1. The molecule has 0 spiro atoms. The van der Waals surface area contributed by atoms with E-state index in [1.807, 2.05) is 97.6 Å². The van der Waals surface area contributed by atoms with Crippen molar-refractivity contribution in [1.29, 1.82) is 0 Å². The number of hydrogen-bond acceptors (Lipinski definition) is 6. The van der Waals surface area contributed by atoms with Crippen molar-refractivity contribution in [2.45, 2.75) is 0 Å². The second-order valence-electron chi connectivity index (χ2n) is 12.7. The Hall–Kier alpha value is -7.32. The molecule has 0 atom stereocenters. The van der Waals surface area contributed by atoms with Crippen molar-refractivity contribution in [3.63, 3.8) is 0 Å². The lowest BCUT2D eigenvalue weighted by Gasteiger charge is -2.27. The first-order chi connectivity index (χ1) is 26.6. The van der Waals surface area contributed by atoms with Gasteiger partial charge in [-0.1, -0.05) is 36.4 Å². The van der Waals surface area contributed by atoms with Gasteiger partial charge in [0.1, 0.15) is 11.6 Å². The van der Waals surface area contributed by atoms with Crippen LogP contribution in [0.4, 0.5) is 42.9 Å². The number of pyridine rings is 4. The summed E-state index contributed by atoms with van der Waals surface area (Å²) in [4.78, 5) is 21.9. The fourth-order valence-corrected chi connectivity index (χ4v) is 7.18. The van der Waals surface area contributed by atoms with Crippen molar-refractivity contribution in [1.82, 2.24) is 19.9 Å². The number of halogens is 2. The molecular formula is C46H30F2N6. The summed E-state index contributed by atoms with van der Waals surface area (Å²) in [5.74, 6) is -0.637. The first-order valence-corrected chi connectivity index (χ1v) is 17.4. The van der Waals surface area contributed by atoms with Crippen LogP contribution in [-0.2, 0) is 0 Å². The molecule has 9 aromatic rings. The Balaban J connectivity index is 1.38. The molecule has 8 heteroatoms. The Kier molecular flexibility index (Phi) is 8.45. The van der Waals surface area contributed by atoms with Crippen molar-refractivity contribution in [3.8, 4) is 22.3 Å². The first kappa shape index (κ1) is 32.6. The maximum absolute atomic E-state index is 14.5. The molecule has 0 bridgehead atoms. The first-order valence-electron chi connectivity index (χ1n) is 17.4. The van der Waals surface area contributed by atoms with Crippen LogP contribution in [0, 0.1) is 11.6 Å². The maximum Gasteiger partial charge on any atom is 0.123 e. The van der Waals surface area contributed by atoms with Crippen molar-refractivity contribution in [2.24, 2.45) is 0 Å². The summed E-state index contributed by atoms with van der Waals surface area (Å²) in [6.45, 7) is 0. The zero-order valence-corrected chi connectivity index (χ0v) is 28.8. The third kappa shape index (κ3) is 6.05. The van der Waals surface area contributed by atoms with Crippen molar-refractivity contribution >= 4 is 55.7 Å². The van der Waals surface area contributed by atoms with Gasteiger partial charge in [-0.2, -0.15) is 0 Å². The van der Waals surface area contributed by atoms with E-state index in [2.05, 4.69) is 66.1 Å². The fraction of sp³-hybridized carbons (Fsp3) is 0. The Morgan fingerprint density at radius 1 is 0.333 bits per heavy atom. The second kappa shape index (κ2) is 14.0. The largest absolute Gasteiger partial charge is 0.307 e. The number of hydrogen-bond donors (Lipinski definition) is 0. The smallest absolute Gasteiger partial charge is 0.123 e. The molecule has 0 fully saturated rings. The van der Waals surface area contributed by atoms with E-state index in [0.29, 0.717) is 0 Å². The molecule has 0 unspecified atom stereocenters. The van der Waals surface area contributed by atoms with E-state index in [1.165, 1.54) is 24.3 Å². The predicted molar refractivity (Wildman–Crippen MR) is 213 cm³/mol. The van der Waals surface area contributed by atoms with E-state index in [1.54, 1.807) is 24.8 Å². The molecule has 0 amide bonds. The van der Waals surface area contributed by atoms with Gasteiger partial charge >= 0.3 is 0 Å². The molecule has 258 valence electrons. The van der Waals surface area contributed by atoms with Gasteiger partial charge in [0.25, 0.3) is 0 Å². The highest BCUT2D eigenvalue weighted by Gasteiger charge is 2.22. The van der Waals surface area contributed by atoms with Crippen LogP contribution in [0.15, 0.2) is 183 Å². The van der Waals surface area contributed by atoms with E-state index in [9.17, 15) is 8.78 Å². The fourth-order valence-electron chi connectivity index (χ4n) is 7.18. The summed E-state index contributed by atoms with van der Waals surface area (Å²) in [6.07, 6.45) is 14.3. The maximum atomic E-state index is 14.5. The summed E-state index contributed by atoms with van der Waals surface area (Å²) in [5.41, 5.74) is 8.80. The molecule has 0 N–H and O–H groups in total. The molecule has 4 heterocycles. The average Bonchev–Trinajstić information content (AvgIpc) is 3.23. The molecular weight excluding hydrogens is 675 g/mol. The Morgan fingerprint density at radius 3 is 0.963 bits per heavy atom. The van der Waals surface area contributed by atoms with Crippen molar-refractivity contribution < 1.29 is 8.78 Å². The van der Waals surface area contributed by atoms with Gasteiger partial charge in [0.2, 0.25) is 0 Å². The van der Waals surface area contributed by atoms with Crippen LogP contribution < -0.4 is 9.80 Å². The molecule has 5 aromatic carbocycles. The van der Waals surface area contributed by atoms with Gasteiger partial charge in [-0.05, 0) is 141 Å². The molecule has 6 nitrogen and oxygen atoms in total. The van der Waals surface area contributed by atoms with Gasteiger partial charge in [-0.3, -0.25) is 19.9 Å². The molecule has 0 aliphatic rings. The highest BCUT2D eigenvalue weighted by atomic mass is 19.1. The number of aromatic nitrogens is 4. The number of benzene rings is 5. The second-order valence-corrected chi connectivity index (χ2v) is 12.7. The van der Waals surface area contributed by atoms with E-state index in [-0.39, 0.29) is 11.6 Å². The van der Waals surface area contributed by atoms with Gasteiger partial charge in [0, 0.05) is 36.2 Å². The van der Waals surface area contributed by atoms with Crippen LogP contribution in [-0.4, -0.2) is 19.9 Å². The van der Waals surface area contributed by atoms with Crippen LogP contribution >= 0.6 is 0 Å². The van der Waals surface area contributed by atoms with Crippen LogP contribution in [0.2, 0.25) is 0 Å². The van der Waals surface area contributed by atoms with E-state index in [0.717, 1.165) is 77.9 Å². The average molecular weight is 705 g/mol. The Morgan fingerprint density at radius 2 is 0.667 bits per heavy atom. The monoisotopic (exact) mass is 704 g/mol. The highest BCUT2D eigenvalue weighted by molar-refractivity contribution is 6.22. The molecule has 0 aliphatic heterocycles. The van der Waals surface area contributed by atoms with Crippen LogP contribution in [0.3, 0.4) is 0 Å². The zero-order valence-electron chi connectivity index (χ0n) is 28.8. The molecule has 0 radical (unpaired) electrons.